The Morgan fingerprint density at radius 1 is 0.909 bits per heavy atom. The van der Waals surface area contributed by atoms with Gasteiger partial charge in [-0.2, -0.15) is 5.26 Å². The third-order valence-corrected chi connectivity index (χ3v) is 6.72. The average molecular weight is 465 g/mol. The maximum atomic E-state index is 14.0. The van der Waals surface area contributed by atoms with Gasteiger partial charge in [0.15, 0.2) is 0 Å². The van der Waals surface area contributed by atoms with Gasteiger partial charge in [0.05, 0.1) is 17.7 Å². The summed E-state index contributed by atoms with van der Waals surface area (Å²) in [5, 5.41) is 10.1. The van der Waals surface area contributed by atoms with E-state index in [0.29, 0.717) is 16.1 Å². The quantitative estimate of drug-likeness (QED) is 0.395. The Hall–Kier alpha value is -2.74. The van der Waals surface area contributed by atoms with Crippen LogP contribution in [0.2, 0.25) is 5.02 Å². The van der Waals surface area contributed by atoms with E-state index in [-0.39, 0.29) is 23.3 Å². The normalized spacial score (nSPS) is 16.6. The number of nitriles is 1. The van der Waals surface area contributed by atoms with Crippen molar-refractivity contribution in [1.29, 1.82) is 5.26 Å². The van der Waals surface area contributed by atoms with Gasteiger partial charge in [-0.05, 0) is 70.3 Å². The monoisotopic (exact) mass is 464 g/mol. The van der Waals surface area contributed by atoms with Crippen LogP contribution in [0, 0.1) is 34.3 Å². The lowest BCUT2D eigenvalue weighted by Gasteiger charge is -2.51. The lowest BCUT2D eigenvalue weighted by molar-refractivity contribution is 0.0245. The topological polar surface area (TPSA) is 27.0 Å². The van der Waals surface area contributed by atoms with Crippen LogP contribution in [0.5, 0.6) is 0 Å². The molecular weight excluding hydrogens is 438 g/mol. The smallest absolute Gasteiger partial charge is 0.126 e. The van der Waals surface area contributed by atoms with Crippen molar-refractivity contribution in [3.8, 4) is 6.07 Å². The summed E-state index contributed by atoms with van der Waals surface area (Å²) >= 11 is 6.13. The highest BCUT2D eigenvalue weighted by molar-refractivity contribution is 6.30. The molecule has 4 rings (SSSR count). The summed E-state index contributed by atoms with van der Waals surface area (Å²) < 4.78 is 28.1. The summed E-state index contributed by atoms with van der Waals surface area (Å²) in [5.41, 5.74) is 3.30. The van der Waals surface area contributed by atoms with Crippen LogP contribution in [0.4, 0.5) is 8.78 Å². The predicted octanol–water partition coefficient (Wildman–Crippen LogP) is 7.34. The van der Waals surface area contributed by atoms with E-state index in [1.54, 1.807) is 6.07 Å². The van der Waals surface area contributed by atoms with Crippen LogP contribution in [0.3, 0.4) is 0 Å². The summed E-state index contributed by atoms with van der Waals surface area (Å²) in [4.78, 5) is 2.36. The molecule has 2 nitrogen and oxygen atoms in total. The fourth-order valence-corrected chi connectivity index (χ4v) is 5.37. The third-order valence-electron chi connectivity index (χ3n) is 6.47. The van der Waals surface area contributed by atoms with Gasteiger partial charge >= 0.3 is 0 Å². The predicted molar refractivity (Wildman–Crippen MR) is 128 cm³/mol. The number of hydrogen-bond acceptors (Lipinski definition) is 2. The molecule has 0 aromatic heterocycles. The molecular formula is C28H27ClF2N2. The molecule has 3 aromatic carbocycles. The molecule has 1 aliphatic rings. The van der Waals surface area contributed by atoms with Crippen molar-refractivity contribution in [1.82, 2.24) is 4.90 Å². The first-order valence-electron chi connectivity index (χ1n) is 11.1. The summed E-state index contributed by atoms with van der Waals surface area (Å²) in [6.45, 7) is 7.93. The van der Waals surface area contributed by atoms with Gasteiger partial charge in [0.25, 0.3) is 0 Å². The third kappa shape index (κ3) is 5.11. The summed E-state index contributed by atoms with van der Waals surface area (Å²) in [6, 6.07) is 21.5. The van der Waals surface area contributed by atoms with Crippen LogP contribution in [0.15, 0.2) is 66.7 Å². The van der Waals surface area contributed by atoms with Crippen molar-refractivity contribution in [2.45, 2.75) is 32.7 Å². The molecule has 3 aromatic rings. The first kappa shape index (κ1) is 23.4. The van der Waals surface area contributed by atoms with Crippen molar-refractivity contribution in [2.75, 3.05) is 13.1 Å². The van der Waals surface area contributed by atoms with Gasteiger partial charge in [0, 0.05) is 24.2 Å². The number of rotatable bonds is 5. The second kappa shape index (κ2) is 9.25. The molecule has 2 unspecified atom stereocenters. The van der Waals surface area contributed by atoms with Crippen LogP contribution < -0.4 is 0 Å². The molecule has 0 spiro atoms. The van der Waals surface area contributed by atoms with Crippen molar-refractivity contribution >= 4 is 11.6 Å². The standard InChI is InChI=1S/C28H27ClF2N2/c1-28(2,3)26(21-12-24(30)14-25(31)13-21)22-16-33(17-22)27(19-7-9-23(29)10-8-19)20-6-4-5-18(11-20)15-32/h4-14,22,26-27H,16-17H2,1-3H3. The SMILES string of the molecule is CC(C)(C)C(c1cc(F)cc(F)c1)C1CN(C(c2ccc(Cl)cc2)c2cccc(C#N)c2)C1. The van der Waals surface area contributed by atoms with E-state index in [1.165, 1.54) is 12.1 Å². The van der Waals surface area contributed by atoms with Gasteiger partial charge in [-0.25, -0.2) is 8.78 Å². The molecule has 0 bridgehead atoms. The maximum absolute atomic E-state index is 14.0. The maximum Gasteiger partial charge on any atom is 0.126 e. The second-order valence-corrected chi connectivity index (χ2v) is 10.4. The highest BCUT2D eigenvalue weighted by Gasteiger charge is 2.43. The molecule has 5 heteroatoms. The number of likely N-dealkylation sites (tertiary alicyclic amines) is 1. The molecule has 1 saturated heterocycles. The number of halogens is 3. The van der Waals surface area contributed by atoms with E-state index in [0.717, 1.165) is 30.3 Å². The molecule has 0 aliphatic carbocycles. The Labute approximate surface area is 199 Å². The van der Waals surface area contributed by atoms with Gasteiger partial charge in [-0.1, -0.05) is 56.6 Å². The molecule has 0 radical (unpaired) electrons. The van der Waals surface area contributed by atoms with E-state index in [9.17, 15) is 14.0 Å². The van der Waals surface area contributed by atoms with Crippen molar-refractivity contribution < 1.29 is 8.78 Å². The highest BCUT2D eigenvalue weighted by Crippen LogP contribution is 2.47. The van der Waals surface area contributed by atoms with Crippen LogP contribution in [0.1, 0.15) is 55.0 Å². The van der Waals surface area contributed by atoms with Crippen molar-refractivity contribution in [3.63, 3.8) is 0 Å². The van der Waals surface area contributed by atoms with E-state index in [2.05, 4.69) is 31.7 Å². The Bertz CT molecular complexity index is 1150. The van der Waals surface area contributed by atoms with Gasteiger partial charge in [-0.15, -0.1) is 0 Å². The number of benzene rings is 3. The number of nitrogens with zero attached hydrogens (tertiary/aromatic N) is 2. The average Bonchev–Trinajstić information content (AvgIpc) is 2.72. The lowest BCUT2D eigenvalue weighted by atomic mass is 9.66. The van der Waals surface area contributed by atoms with Crippen LogP contribution >= 0.6 is 11.6 Å². The Balaban J connectivity index is 1.65. The molecule has 2 atom stereocenters. The van der Waals surface area contributed by atoms with Gasteiger partial charge in [-0.3, -0.25) is 4.90 Å². The Kier molecular flexibility index (Phi) is 6.56. The van der Waals surface area contributed by atoms with Gasteiger partial charge in [0.2, 0.25) is 0 Å². The van der Waals surface area contributed by atoms with E-state index in [1.807, 2.05) is 42.5 Å². The zero-order chi connectivity index (χ0) is 23.8. The first-order valence-corrected chi connectivity index (χ1v) is 11.5. The molecule has 170 valence electrons. The molecule has 0 saturated carbocycles. The molecule has 0 amide bonds. The zero-order valence-corrected chi connectivity index (χ0v) is 19.8. The fourth-order valence-electron chi connectivity index (χ4n) is 5.24. The first-order chi connectivity index (χ1) is 15.7. The molecule has 1 fully saturated rings. The molecule has 0 N–H and O–H groups in total. The van der Waals surface area contributed by atoms with E-state index >= 15 is 0 Å². The fraction of sp³-hybridized carbons (Fsp3) is 0.321. The summed E-state index contributed by atoms with van der Waals surface area (Å²) in [7, 11) is 0. The molecule has 1 heterocycles. The molecule has 1 aliphatic heterocycles. The minimum Gasteiger partial charge on any atom is -0.292 e. The number of hydrogen-bond donors (Lipinski definition) is 0. The van der Waals surface area contributed by atoms with Gasteiger partial charge in [0.1, 0.15) is 11.6 Å². The minimum atomic E-state index is -0.539. The summed E-state index contributed by atoms with van der Waals surface area (Å²) in [6.07, 6.45) is 0. The van der Waals surface area contributed by atoms with E-state index < -0.39 is 11.6 Å². The van der Waals surface area contributed by atoms with Gasteiger partial charge < -0.3 is 0 Å². The largest absolute Gasteiger partial charge is 0.292 e. The van der Waals surface area contributed by atoms with Crippen LogP contribution in [0.25, 0.3) is 0 Å². The zero-order valence-electron chi connectivity index (χ0n) is 19.0. The van der Waals surface area contributed by atoms with Crippen molar-refractivity contribution in [3.05, 3.63) is 106 Å². The van der Waals surface area contributed by atoms with E-state index in [4.69, 9.17) is 11.6 Å². The van der Waals surface area contributed by atoms with Crippen LogP contribution in [-0.2, 0) is 0 Å². The summed E-state index contributed by atoms with van der Waals surface area (Å²) in [5.74, 6) is -0.819. The lowest BCUT2D eigenvalue weighted by Crippen LogP contribution is -2.53. The van der Waals surface area contributed by atoms with Crippen LogP contribution in [-0.4, -0.2) is 18.0 Å². The Morgan fingerprint density at radius 2 is 1.55 bits per heavy atom. The minimum absolute atomic E-state index is 0.00950. The Morgan fingerprint density at radius 3 is 2.12 bits per heavy atom. The highest BCUT2D eigenvalue weighted by atomic mass is 35.5. The second-order valence-electron chi connectivity index (χ2n) is 9.95. The van der Waals surface area contributed by atoms with Crippen molar-refractivity contribution in [2.24, 2.45) is 11.3 Å². The molecule has 33 heavy (non-hydrogen) atoms.